The molecule has 0 aliphatic rings. The average Bonchev–Trinajstić information content (AvgIpc) is 3.22. The van der Waals surface area contributed by atoms with Gasteiger partial charge in [-0.15, -0.1) is 10.2 Å². The molecule has 0 unspecified atom stereocenters. The maximum atomic E-state index is 13.0. The Morgan fingerprint density at radius 1 is 1.17 bits per heavy atom. The molecule has 10 heteroatoms. The number of halogens is 2. The number of nitrogens with zero attached hydrogens (tertiary/aromatic N) is 3. The minimum atomic E-state index is -0.347. The van der Waals surface area contributed by atoms with Crippen molar-refractivity contribution in [2.75, 3.05) is 11.1 Å². The summed E-state index contributed by atoms with van der Waals surface area (Å²) in [4.78, 5) is 25.5. The van der Waals surface area contributed by atoms with Gasteiger partial charge in [0.15, 0.2) is 11.0 Å². The summed E-state index contributed by atoms with van der Waals surface area (Å²) in [7, 11) is 0. The van der Waals surface area contributed by atoms with E-state index in [2.05, 4.69) is 50.6 Å². The molecule has 0 radical (unpaired) electrons. The lowest BCUT2D eigenvalue weighted by molar-refractivity contribution is -0.113. The third-order valence-corrected chi connectivity index (χ3v) is 7.46. The fourth-order valence-electron chi connectivity index (χ4n) is 3.59. The van der Waals surface area contributed by atoms with Gasteiger partial charge in [0.25, 0.3) is 5.91 Å². The van der Waals surface area contributed by atoms with Crippen LogP contribution in [0.25, 0.3) is 0 Å². The fourth-order valence-corrected chi connectivity index (χ4v) is 4.87. The van der Waals surface area contributed by atoms with Crippen LogP contribution >= 0.6 is 39.3 Å². The van der Waals surface area contributed by atoms with E-state index in [0.29, 0.717) is 40.5 Å². The lowest BCUT2D eigenvalue weighted by Crippen LogP contribution is -2.31. The van der Waals surface area contributed by atoms with Crippen LogP contribution in [0.4, 0.5) is 5.69 Å². The summed E-state index contributed by atoms with van der Waals surface area (Å²) in [5, 5.41) is 15.8. The fraction of sp³-hybridized carbons (Fsp3) is 0.360. The first-order chi connectivity index (χ1) is 16.7. The van der Waals surface area contributed by atoms with Crippen LogP contribution in [0.3, 0.4) is 0 Å². The van der Waals surface area contributed by atoms with Crippen LogP contribution in [-0.2, 0) is 11.3 Å². The van der Waals surface area contributed by atoms with E-state index in [1.807, 2.05) is 36.6 Å². The quantitative estimate of drug-likeness (QED) is 0.277. The highest BCUT2D eigenvalue weighted by Crippen LogP contribution is 2.26. The molecule has 1 atom stereocenters. The van der Waals surface area contributed by atoms with Crippen molar-refractivity contribution in [3.05, 3.63) is 68.9 Å². The SMILES string of the molecule is CCn1c(SCC(=O)Nc2ccc(Br)c(C)c2)nnc1[C@@H](CC(C)C)NC(=O)c1ccccc1Cl. The van der Waals surface area contributed by atoms with Gasteiger partial charge in [0.05, 0.1) is 22.4 Å². The number of hydrogen-bond acceptors (Lipinski definition) is 5. The van der Waals surface area contributed by atoms with Gasteiger partial charge in [0.2, 0.25) is 5.91 Å². The van der Waals surface area contributed by atoms with Crippen molar-refractivity contribution in [3.8, 4) is 0 Å². The molecule has 0 fully saturated rings. The molecule has 2 amide bonds. The summed E-state index contributed by atoms with van der Waals surface area (Å²) in [6, 6.07) is 12.3. The molecule has 0 aliphatic carbocycles. The van der Waals surface area contributed by atoms with E-state index in [1.54, 1.807) is 24.3 Å². The Bertz CT molecular complexity index is 1200. The first-order valence-electron chi connectivity index (χ1n) is 11.4. The summed E-state index contributed by atoms with van der Waals surface area (Å²) < 4.78 is 2.94. The third-order valence-electron chi connectivity index (χ3n) is 5.28. The second-order valence-electron chi connectivity index (χ2n) is 8.52. The van der Waals surface area contributed by atoms with Gasteiger partial charge >= 0.3 is 0 Å². The molecule has 3 aromatic rings. The predicted octanol–water partition coefficient (Wildman–Crippen LogP) is 6.27. The van der Waals surface area contributed by atoms with Gasteiger partial charge in [0.1, 0.15) is 0 Å². The minimum absolute atomic E-state index is 0.130. The van der Waals surface area contributed by atoms with Crippen LogP contribution in [-0.4, -0.2) is 32.3 Å². The molecule has 7 nitrogen and oxygen atoms in total. The predicted molar refractivity (Wildman–Crippen MR) is 145 cm³/mol. The van der Waals surface area contributed by atoms with Gasteiger partial charge in [-0.1, -0.05) is 65.3 Å². The Balaban J connectivity index is 1.73. The molecule has 3 rings (SSSR count). The first-order valence-corrected chi connectivity index (χ1v) is 13.5. The number of aryl methyl sites for hydroxylation is 1. The van der Waals surface area contributed by atoms with Gasteiger partial charge in [-0.2, -0.15) is 0 Å². The molecule has 35 heavy (non-hydrogen) atoms. The van der Waals surface area contributed by atoms with Crippen LogP contribution < -0.4 is 10.6 Å². The standard InChI is InChI=1S/C25H29BrClN5O2S/c1-5-32-23(21(12-15(2)3)29-24(34)18-8-6-7-9-20(18)27)30-31-25(32)35-14-22(33)28-17-10-11-19(26)16(4)13-17/h6-11,13,15,21H,5,12,14H2,1-4H3,(H,28,33)(H,29,34)/t21-/m1/s1. The molecule has 0 bridgehead atoms. The molecule has 0 saturated carbocycles. The zero-order chi connectivity index (χ0) is 25.5. The van der Waals surface area contributed by atoms with Crippen molar-refractivity contribution in [2.24, 2.45) is 5.92 Å². The number of rotatable bonds is 10. The van der Waals surface area contributed by atoms with E-state index < -0.39 is 0 Å². The molecule has 1 heterocycles. The topological polar surface area (TPSA) is 88.9 Å². The summed E-state index contributed by atoms with van der Waals surface area (Å²) in [5.74, 6) is 0.770. The highest BCUT2D eigenvalue weighted by Gasteiger charge is 2.25. The van der Waals surface area contributed by atoms with E-state index in [1.165, 1.54) is 11.8 Å². The maximum Gasteiger partial charge on any atom is 0.253 e. The maximum absolute atomic E-state index is 13.0. The Kier molecular flexibility index (Phi) is 9.77. The van der Waals surface area contributed by atoms with Crippen LogP contribution in [0, 0.1) is 12.8 Å². The number of carbonyl (C=O) groups is 2. The van der Waals surface area contributed by atoms with E-state index in [-0.39, 0.29) is 23.6 Å². The average molecular weight is 579 g/mol. The summed E-state index contributed by atoms with van der Waals surface area (Å²) in [6.07, 6.45) is 0.683. The Labute approximate surface area is 223 Å². The first kappa shape index (κ1) is 27.2. The van der Waals surface area contributed by atoms with Gasteiger partial charge in [0, 0.05) is 16.7 Å². The molecular weight excluding hydrogens is 550 g/mol. The van der Waals surface area contributed by atoms with Crippen LogP contribution in [0.2, 0.25) is 5.02 Å². The lowest BCUT2D eigenvalue weighted by Gasteiger charge is -2.21. The second kappa shape index (κ2) is 12.6. The van der Waals surface area contributed by atoms with Crippen molar-refractivity contribution in [1.29, 1.82) is 0 Å². The number of aromatic nitrogens is 3. The number of thioether (sulfide) groups is 1. The molecule has 0 aliphatic heterocycles. The van der Waals surface area contributed by atoms with E-state index >= 15 is 0 Å². The van der Waals surface area contributed by atoms with Crippen LogP contribution in [0.1, 0.15) is 55.0 Å². The highest BCUT2D eigenvalue weighted by molar-refractivity contribution is 9.10. The molecule has 0 spiro atoms. The number of hydrogen-bond donors (Lipinski definition) is 2. The van der Waals surface area contributed by atoms with Gasteiger partial charge in [-0.3, -0.25) is 9.59 Å². The largest absolute Gasteiger partial charge is 0.342 e. The minimum Gasteiger partial charge on any atom is -0.342 e. The molecule has 2 N–H and O–H groups in total. The summed E-state index contributed by atoms with van der Waals surface area (Å²) in [5.41, 5.74) is 2.20. The smallest absolute Gasteiger partial charge is 0.253 e. The number of anilines is 1. The van der Waals surface area contributed by atoms with Gasteiger partial charge in [-0.25, -0.2) is 0 Å². The molecule has 2 aromatic carbocycles. The third kappa shape index (κ3) is 7.32. The Hall–Kier alpha value is -2.36. The second-order valence-corrected chi connectivity index (χ2v) is 10.7. The molecule has 186 valence electrons. The van der Waals surface area contributed by atoms with Crippen molar-refractivity contribution in [2.45, 2.75) is 51.9 Å². The molecule has 0 saturated heterocycles. The molecular formula is C25H29BrClN5O2S. The van der Waals surface area contributed by atoms with Crippen molar-refractivity contribution < 1.29 is 9.59 Å². The zero-order valence-electron chi connectivity index (χ0n) is 20.1. The number of nitrogens with one attached hydrogen (secondary N) is 2. The van der Waals surface area contributed by atoms with Gasteiger partial charge in [-0.05, 0) is 62.1 Å². The number of benzene rings is 2. The van der Waals surface area contributed by atoms with Crippen molar-refractivity contribution in [1.82, 2.24) is 20.1 Å². The van der Waals surface area contributed by atoms with E-state index in [0.717, 1.165) is 15.7 Å². The zero-order valence-corrected chi connectivity index (χ0v) is 23.3. The van der Waals surface area contributed by atoms with E-state index in [4.69, 9.17) is 11.6 Å². The normalized spacial score (nSPS) is 12.0. The summed E-state index contributed by atoms with van der Waals surface area (Å²) in [6.45, 7) is 8.74. The Morgan fingerprint density at radius 3 is 2.57 bits per heavy atom. The monoisotopic (exact) mass is 577 g/mol. The highest BCUT2D eigenvalue weighted by atomic mass is 79.9. The van der Waals surface area contributed by atoms with Crippen molar-refractivity contribution >= 4 is 56.8 Å². The summed E-state index contributed by atoms with van der Waals surface area (Å²) >= 11 is 11.0. The number of carbonyl (C=O) groups excluding carboxylic acids is 2. The lowest BCUT2D eigenvalue weighted by atomic mass is 10.0. The van der Waals surface area contributed by atoms with Crippen LogP contribution in [0.15, 0.2) is 52.1 Å². The van der Waals surface area contributed by atoms with E-state index in [9.17, 15) is 9.59 Å². The molecule has 1 aromatic heterocycles. The van der Waals surface area contributed by atoms with Crippen molar-refractivity contribution in [3.63, 3.8) is 0 Å². The Morgan fingerprint density at radius 2 is 1.91 bits per heavy atom. The van der Waals surface area contributed by atoms with Crippen LogP contribution in [0.5, 0.6) is 0 Å². The van der Waals surface area contributed by atoms with Gasteiger partial charge < -0.3 is 15.2 Å². The number of amides is 2.